The molecule has 0 bridgehead atoms. The number of fused-ring (bicyclic) bond motifs is 1. The van der Waals surface area contributed by atoms with Gasteiger partial charge in [0, 0.05) is 13.1 Å². The number of aromatic nitrogens is 3. The van der Waals surface area contributed by atoms with Gasteiger partial charge < -0.3 is 0 Å². The molecule has 1 aromatic heterocycles. The number of nitrogens with zero attached hydrogens (tertiary/aromatic N) is 5. The van der Waals surface area contributed by atoms with Crippen LogP contribution in [-0.4, -0.2) is 33.5 Å². The summed E-state index contributed by atoms with van der Waals surface area (Å²) in [6, 6.07) is 2.03. The fourth-order valence-corrected chi connectivity index (χ4v) is 1.36. The summed E-state index contributed by atoms with van der Waals surface area (Å²) in [6.07, 6.45) is 0. The maximum Gasteiger partial charge on any atom is 0.187 e. The average molecular weight is 193 g/mol. The molecule has 0 aromatic carbocycles. The number of hydrogen-bond donors (Lipinski definition) is 0. The van der Waals surface area contributed by atoms with Crippen LogP contribution in [0.3, 0.4) is 0 Å². The molecule has 14 heavy (non-hydrogen) atoms. The van der Waals surface area contributed by atoms with E-state index in [2.05, 4.69) is 15.2 Å². The zero-order chi connectivity index (χ0) is 10.6. The van der Waals surface area contributed by atoms with Crippen molar-refractivity contribution in [1.82, 2.24) is 19.9 Å². The maximum atomic E-state index is 8.68. The molecule has 0 radical (unpaired) electrons. The van der Waals surface area contributed by atoms with Crippen LogP contribution in [0.5, 0.6) is 0 Å². The standard InChI is InChI=1S/C7H9N5.C2H6/c1-11-2-3-12-7(5-11)6(4-8)9-10-12;1-2/h2-3,5H2,1H3;1-2H3. The van der Waals surface area contributed by atoms with Gasteiger partial charge in [0.1, 0.15) is 6.07 Å². The molecule has 0 aliphatic carbocycles. The number of nitriles is 1. The summed E-state index contributed by atoms with van der Waals surface area (Å²) in [7, 11) is 2.03. The minimum atomic E-state index is 0.460. The Morgan fingerprint density at radius 1 is 1.36 bits per heavy atom. The normalized spacial score (nSPS) is 15.0. The summed E-state index contributed by atoms with van der Waals surface area (Å²) in [5.41, 5.74) is 1.40. The molecule has 1 aliphatic heterocycles. The molecule has 2 heterocycles. The Morgan fingerprint density at radius 2 is 2.07 bits per heavy atom. The first-order valence-corrected chi connectivity index (χ1v) is 4.82. The van der Waals surface area contributed by atoms with Crippen LogP contribution in [-0.2, 0) is 13.1 Å². The highest BCUT2D eigenvalue weighted by atomic mass is 15.5. The van der Waals surface area contributed by atoms with Crippen molar-refractivity contribution < 1.29 is 0 Å². The Labute approximate surface area is 83.9 Å². The smallest absolute Gasteiger partial charge is 0.187 e. The molecule has 5 nitrogen and oxygen atoms in total. The minimum Gasteiger partial charge on any atom is -0.299 e. The van der Waals surface area contributed by atoms with Gasteiger partial charge in [0.2, 0.25) is 0 Å². The van der Waals surface area contributed by atoms with Crippen molar-refractivity contribution >= 4 is 0 Å². The number of likely N-dealkylation sites (N-methyl/N-ethyl adjacent to an activating group) is 1. The topological polar surface area (TPSA) is 57.7 Å². The van der Waals surface area contributed by atoms with Gasteiger partial charge in [0.15, 0.2) is 5.69 Å². The SMILES string of the molecule is CC.CN1CCn2nnc(C#N)c2C1. The van der Waals surface area contributed by atoms with Gasteiger partial charge in [-0.25, -0.2) is 4.68 Å². The lowest BCUT2D eigenvalue weighted by Gasteiger charge is -2.22. The molecule has 0 unspecified atom stereocenters. The second kappa shape index (κ2) is 4.72. The molecular weight excluding hydrogens is 178 g/mol. The van der Waals surface area contributed by atoms with Crippen molar-refractivity contribution in [2.75, 3.05) is 13.6 Å². The second-order valence-corrected chi connectivity index (χ2v) is 2.96. The van der Waals surface area contributed by atoms with Gasteiger partial charge in [-0.3, -0.25) is 4.90 Å². The van der Waals surface area contributed by atoms with Crippen molar-refractivity contribution in [2.45, 2.75) is 26.9 Å². The average Bonchev–Trinajstić information content (AvgIpc) is 2.63. The Hall–Kier alpha value is -1.41. The summed E-state index contributed by atoms with van der Waals surface area (Å²) >= 11 is 0. The Balaban J connectivity index is 0.000000461. The Morgan fingerprint density at radius 3 is 2.71 bits per heavy atom. The summed E-state index contributed by atoms with van der Waals surface area (Å²) in [5, 5.41) is 16.3. The molecule has 2 rings (SSSR count). The van der Waals surface area contributed by atoms with E-state index >= 15 is 0 Å². The molecule has 1 aromatic rings. The van der Waals surface area contributed by atoms with Crippen LogP contribution in [0.25, 0.3) is 0 Å². The first-order valence-electron chi connectivity index (χ1n) is 4.82. The van der Waals surface area contributed by atoms with Crippen LogP contribution in [0.15, 0.2) is 0 Å². The predicted molar refractivity (Wildman–Crippen MR) is 52.4 cm³/mol. The van der Waals surface area contributed by atoms with Crippen molar-refractivity contribution in [3.63, 3.8) is 0 Å². The van der Waals surface area contributed by atoms with E-state index in [9.17, 15) is 0 Å². The maximum absolute atomic E-state index is 8.68. The van der Waals surface area contributed by atoms with E-state index in [-0.39, 0.29) is 0 Å². The number of hydrogen-bond acceptors (Lipinski definition) is 4. The van der Waals surface area contributed by atoms with Crippen LogP contribution in [0.2, 0.25) is 0 Å². The van der Waals surface area contributed by atoms with E-state index in [0.29, 0.717) is 5.69 Å². The summed E-state index contributed by atoms with van der Waals surface area (Å²) in [6.45, 7) is 6.58. The van der Waals surface area contributed by atoms with E-state index in [1.165, 1.54) is 0 Å². The van der Waals surface area contributed by atoms with Gasteiger partial charge in [-0.1, -0.05) is 19.1 Å². The second-order valence-electron chi connectivity index (χ2n) is 2.96. The van der Waals surface area contributed by atoms with Crippen LogP contribution in [0.4, 0.5) is 0 Å². The molecule has 0 N–H and O–H groups in total. The van der Waals surface area contributed by atoms with Gasteiger partial charge in [-0.05, 0) is 7.05 Å². The van der Waals surface area contributed by atoms with Gasteiger partial charge in [-0.15, -0.1) is 5.10 Å². The summed E-state index contributed by atoms with van der Waals surface area (Å²) in [4.78, 5) is 2.15. The van der Waals surface area contributed by atoms with Crippen LogP contribution < -0.4 is 0 Å². The molecule has 0 spiro atoms. The molecule has 5 heteroatoms. The zero-order valence-electron chi connectivity index (χ0n) is 8.86. The van der Waals surface area contributed by atoms with Gasteiger partial charge in [0.05, 0.1) is 12.2 Å². The van der Waals surface area contributed by atoms with Crippen molar-refractivity contribution in [3.8, 4) is 6.07 Å². The molecule has 0 saturated carbocycles. The summed E-state index contributed by atoms with van der Waals surface area (Å²) in [5.74, 6) is 0. The lowest BCUT2D eigenvalue weighted by Crippen LogP contribution is -2.30. The largest absolute Gasteiger partial charge is 0.299 e. The fourth-order valence-electron chi connectivity index (χ4n) is 1.36. The lowest BCUT2D eigenvalue weighted by molar-refractivity contribution is 0.257. The molecule has 76 valence electrons. The van der Waals surface area contributed by atoms with Crippen molar-refractivity contribution in [1.29, 1.82) is 5.26 Å². The van der Waals surface area contributed by atoms with Crippen LogP contribution >= 0.6 is 0 Å². The Bertz CT molecular complexity index is 335. The Kier molecular flexibility index (Phi) is 3.60. The first-order chi connectivity index (χ1) is 6.81. The van der Waals surface area contributed by atoms with Gasteiger partial charge in [0.25, 0.3) is 0 Å². The molecule has 0 atom stereocenters. The van der Waals surface area contributed by atoms with E-state index in [0.717, 1.165) is 25.3 Å². The predicted octanol–water partition coefficient (Wildman–Crippen LogP) is 0.621. The minimum absolute atomic E-state index is 0.460. The fraction of sp³-hybridized carbons (Fsp3) is 0.667. The monoisotopic (exact) mass is 193 g/mol. The highest BCUT2D eigenvalue weighted by Gasteiger charge is 2.18. The van der Waals surface area contributed by atoms with Crippen LogP contribution in [0, 0.1) is 11.3 Å². The van der Waals surface area contributed by atoms with E-state index in [4.69, 9.17) is 5.26 Å². The van der Waals surface area contributed by atoms with E-state index in [1.807, 2.05) is 27.0 Å². The molecule has 0 saturated heterocycles. The molecule has 0 amide bonds. The third-order valence-electron chi connectivity index (χ3n) is 2.06. The van der Waals surface area contributed by atoms with Crippen LogP contribution in [0.1, 0.15) is 25.2 Å². The zero-order valence-corrected chi connectivity index (χ0v) is 8.86. The summed E-state index contributed by atoms with van der Waals surface area (Å²) < 4.78 is 1.80. The molecule has 0 fully saturated rings. The quantitative estimate of drug-likeness (QED) is 0.606. The highest BCUT2D eigenvalue weighted by molar-refractivity contribution is 5.25. The highest BCUT2D eigenvalue weighted by Crippen LogP contribution is 2.11. The third-order valence-corrected chi connectivity index (χ3v) is 2.06. The van der Waals surface area contributed by atoms with E-state index < -0.39 is 0 Å². The molecule has 1 aliphatic rings. The van der Waals surface area contributed by atoms with Gasteiger partial charge in [-0.2, -0.15) is 5.26 Å². The van der Waals surface area contributed by atoms with E-state index in [1.54, 1.807) is 4.68 Å². The number of rotatable bonds is 0. The van der Waals surface area contributed by atoms with Crippen molar-refractivity contribution in [2.24, 2.45) is 0 Å². The van der Waals surface area contributed by atoms with Gasteiger partial charge >= 0.3 is 0 Å². The first kappa shape index (κ1) is 10.7. The lowest BCUT2D eigenvalue weighted by atomic mass is 10.2. The third kappa shape index (κ3) is 1.91. The van der Waals surface area contributed by atoms with Crippen molar-refractivity contribution in [3.05, 3.63) is 11.4 Å². The molecular formula is C9H15N5.